The van der Waals surface area contributed by atoms with Gasteiger partial charge in [-0.15, -0.1) is 0 Å². The maximum atomic E-state index is 13.9. The molecular weight excluding hydrogens is 529 g/mol. The topological polar surface area (TPSA) is 79.3 Å². The Morgan fingerprint density at radius 3 is 2.24 bits per heavy atom. The molecule has 0 aliphatic rings. The number of fused-ring (bicyclic) bond motifs is 1. The highest BCUT2D eigenvalue weighted by Crippen LogP contribution is 2.39. The average molecular weight is 555 g/mol. The first-order chi connectivity index (χ1) is 19.7. The highest BCUT2D eigenvalue weighted by molar-refractivity contribution is 6.16. The number of ketones is 1. The SMILES string of the molecule is O=C(O)CCc1ccc(CNc2cccc(-c3c(C(=O)c4ccccc4)cnc4c(C(F)(F)F)cccc34)c2)cc1. The monoisotopic (exact) mass is 554 g/mol. The van der Waals surface area contributed by atoms with Crippen molar-refractivity contribution in [3.63, 3.8) is 0 Å². The minimum Gasteiger partial charge on any atom is -0.481 e. The van der Waals surface area contributed by atoms with E-state index in [1.54, 1.807) is 54.6 Å². The zero-order chi connectivity index (χ0) is 29.0. The van der Waals surface area contributed by atoms with Crippen LogP contribution in [0.15, 0.2) is 103 Å². The first kappa shape index (κ1) is 27.6. The number of para-hydroxylation sites is 1. The predicted molar refractivity (Wildman–Crippen MR) is 152 cm³/mol. The Morgan fingerprint density at radius 1 is 0.829 bits per heavy atom. The number of rotatable bonds is 9. The van der Waals surface area contributed by atoms with Crippen LogP contribution in [-0.4, -0.2) is 21.8 Å². The van der Waals surface area contributed by atoms with Gasteiger partial charge in [0, 0.05) is 46.9 Å². The number of pyridine rings is 1. The van der Waals surface area contributed by atoms with Crippen LogP contribution in [0.25, 0.3) is 22.0 Å². The Balaban J connectivity index is 1.52. The number of aliphatic carboxylic acids is 1. The van der Waals surface area contributed by atoms with Gasteiger partial charge in [0.1, 0.15) is 0 Å². The van der Waals surface area contributed by atoms with Crippen LogP contribution in [-0.2, 0) is 23.9 Å². The van der Waals surface area contributed by atoms with Gasteiger partial charge in [-0.25, -0.2) is 0 Å². The number of anilines is 1. The lowest BCUT2D eigenvalue weighted by molar-refractivity contribution is -0.137. The van der Waals surface area contributed by atoms with Gasteiger partial charge in [0.05, 0.1) is 11.1 Å². The summed E-state index contributed by atoms with van der Waals surface area (Å²) >= 11 is 0. The molecule has 0 unspecified atom stereocenters. The van der Waals surface area contributed by atoms with Gasteiger partial charge in [-0.1, -0.05) is 78.9 Å². The minimum absolute atomic E-state index is 0.0628. The van der Waals surface area contributed by atoms with Gasteiger partial charge >= 0.3 is 12.1 Å². The van der Waals surface area contributed by atoms with Crippen LogP contribution in [0.3, 0.4) is 0 Å². The van der Waals surface area contributed by atoms with E-state index in [1.807, 2.05) is 30.3 Å². The molecule has 0 radical (unpaired) electrons. The highest BCUT2D eigenvalue weighted by atomic mass is 19.4. The minimum atomic E-state index is -4.61. The number of carboxylic acids is 1. The van der Waals surface area contributed by atoms with Crippen LogP contribution < -0.4 is 5.32 Å². The van der Waals surface area contributed by atoms with Gasteiger partial charge in [-0.3, -0.25) is 14.6 Å². The summed E-state index contributed by atoms with van der Waals surface area (Å²) in [5, 5.41) is 12.4. The van der Waals surface area contributed by atoms with E-state index in [1.165, 1.54) is 12.3 Å². The second-order valence-electron chi connectivity index (χ2n) is 9.59. The van der Waals surface area contributed by atoms with Gasteiger partial charge < -0.3 is 10.4 Å². The summed E-state index contributed by atoms with van der Waals surface area (Å²) in [7, 11) is 0. The van der Waals surface area contributed by atoms with Crippen molar-refractivity contribution >= 4 is 28.3 Å². The number of aromatic nitrogens is 1. The molecule has 0 saturated carbocycles. The molecule has 0 spiro atoms. The fourth-order valence-corrected chi connectivity index (χ4v) is 4.74. The number of hydrogen-bond acceptors (Lipinski definition) is 4. The molecule has 4 aromatic carbocycles. The standard InChI is InChI=1S/C33H25F3N2O3/c34-33(35,36)28-11-5-10-26-30(27(20-38-31(26)28)32(41)23-6-2-1-3-7-23)24-8-4-9-25(18-24)37-19-22-14-12-21(13-15-22)16-17-29(39)40/h1-15,18,20,37H,16-17,19H2,(H,39,40). The molecule has 1 aromatic heterocycles. The van der Waals surface area contributed by atoms with E-state index in [-0.39, 0.29) is 28.7 Å². The number of nitrogens with zero attached hydrogens (tertiary/aromatic N) is 1. The number of carbonyl (C=O) groups is 2. The second kappa shape index (κ2) is 11.6. The molecule has 0 aliphatic carbocycles. The number of carbonyl (C=O) groups excluding carboxylic acids is 1. The summed E-state index contributed by atoms with van der Waals surface area (Å²) in [4.78, 5) is 28.5. The number of aryl methyl sites for hydroxylation is 1. The highest BCUT2D eigenvalue weighted by Gasteiger charge is 2.34. The molecule has 2 N–H and O–H groups in total. The van der Waals surface area contributed by atoms with Crippen LogP contribution in [0.4, 0.5) is 18.9 Å². The van der Waals surface area contributed by atoms with Gasteiger partial charge in [0.2, 0.25) is 0 Å². The summed E-state index contributed by atoms with van der Waals surface area (Å²) < 4.78 is 41.6. The van der Waals surface area contributed by atoms with E-state index in [9.17, 15) is 22.8 Å². The molecule has 5 rings (SSSR count). The maximum absolute atomic E-state index is 13.9. The predicted octanol–water partition coefficient (Wildman–Crippen LogP) is 7.78. The smallest absolute Gasteiger partial charge is 0.418 e. The van der Waals surface area contributed by atoms with Crippen LogP contribution >= 0.6 is 0 Å². The Hall–Kier alpha value is -4.98. The molecule has 8 heteroatoms. The van der Waals surface area contributed by atoms with Crippen molar-refractivity contribution in [2.45, 2.75) is 25.6 Å². The van der Waals surface area contributed by atoms with Crippen molar-refractivity contribution in [1.82, 2.24) is 4.98 Å². The molecule has 41 heavy (non-hydrogen) atoms. The van der Waals surface area contributed by atoms with E-state index in [2.05, 4.69) is 10.3 Å². The van der Waals surface area contributed by atoms with E-state index in [4.69, 9.17) is 5.11 Å². The largest absolute Gasteiger partial charge is 0.481 e. The van der Waals surface area contributed by atoms with Crippen LogP contribution in [0.2, 0.25) is 0 Å². The molecule has 5 aromatic rings. The van der Waals surface area contributed by atoms with Crippen LogP contribution in [0.1, 0.15) is 39.0 Å². The van der Waals surface area contributed by atoms with Crippen molar-refractivity contribution < 1.29 is 27.9 Å². The summed E-state index contributed by atoms with van der Waals surface area (Å²) in [5.41, 5.74) is 3.09. The summed E-state index contributed by atoms with van der Waals surface area (Å²) in [6.45, 7) is 0.466. The average Bonchev–Trinajstić information content (AvgIpc) is 2.98. The van der Waals surface area contributed by atoms with Gasteiger partial charge in [0.25, 0.3) is 0 Å². The van der Waals surface area contributed by atoms with Crippen LogP contribution in [0.5, 0.6) is 0 Å². The lowest BCUT2D eigenvalue weighted by atomic mass is 9.91. The van der Waals surface area contributed by atoms with Crippen molar-refractivity contribution in [2.24, 2.45) is 0 Å². The zero-order valence-corrected chi connectivity index (χ0v) is 21.8. The number of carboxylic acid groups (broad SMARTS) is 1. The molecule has 0 atom stereocenters. The lowest BCUT2D eigenvalue weighted by Gasteiger charge is -2.17. The second-order valence-corrected chi connectivity index (χ2v) is 9.59. The summed E-state index contributed by atoms with van der Waals surface area (Å²) in [6, 6.07) is 27.2. The first-order valence-corrected chi connectivity index (χ1v) is 12.9. The molecule has 206 valence electrons. The van der Waals surface area contributed by atoms with E-state index >= 15 is 0 Å². The Labute approximate surface area is 234 Å². The summed E-state index contributed by atoms with van der Waals surface area (Å²) in [6.07, 6.45) is -2.87. The number of hydrogen-bond donors (Lipinski definition) is 2. The molecule has 0 bridgehead atoms. The van der Waals surface area contributed by atoms with Crippen LogP contribution in [0, 0.1) is 0 Å². The molecular formula is C33H25F3N2O3. The Morgan fingerprint density at radius 2 is 1.54 bits per heavy atom. The quantitative estimate of drug-likeness (QED) is 0.182. The zero-order valence-electron chi connectivity index (χ0n) is 21.8. The Bertz CT molecular complexity index is 1720. The van der Waals surface area contributed by atoms with E-state index in [0.29, 0.717) is 35.3 Å². The number of nitrogens with one attached hydrogen (secondary N) is 1. The fourth-order valence-electron chi connectivity index (χ4n) is 4.74. The molecule has 0 saturated heterocycles. The molecule has 1 heterocycles. The normalized spacial score (nSPS) is 11.4. The third-order valence-corrected chi connectivity index (χ3v) is 6.78. The maximum Gasteiger partial charge on any atom is 0.418 e. The van der Waals surface area contributed by atoms with Crippen molar-refractivity contribution in [1.29, 1.82) is 0 Å². The number of benzene rings is 4. The molecule has 0 amide bonds. The van der Waals surface area contributed by atoms with Gasteiger partial charge in [-0.2, -0.15) is 13.2 Å². The van der Waals surface area contributed by atoms with E-state index < -0.39 is 17.7 Å². The number of halogens is 3. The Kier molecular flexibility index (Phi) is 7.83. The lowest BCUT2D eigenvalue weighted by Crippen LogP contribution is -2.09. The summed E-state index contributed by atoms with van der Waals surface area (Å²) in [5.74, 6) is -1.19. The molecule has 5 nitrogen and oxygen atoms in total. The van der Waals surface area contributed by atoms with Crippen molar-refractivity contribution in [2.75, 3.05) is 5.32 Å². The number of alkyl halides is 3. The van der Waals surface area contributed by atoms with Gasteiger partial charge in [0.15, 0.2) is 5.78 Å². The first-order valence-electron chi connectivity index (χ1n) is 12.9. The molecule has 0 fully saturated rings. The molecule has 0 aliphatic heterocycles. The third kappa shape index (κ3) is 6.27. The fraction of sp³-hybridized carbons (Fsp3) is 0.121. The third-order valence-electron chi connectivity index (χ3n) is 6.78. The van der Waals surface area contributed by atoms with E-state index in [0.717, 1.165) is 17.2 Å². The van der Waals surface area contributed by atoms with Gasteiger partial charge in [-0.05, 0) is 41.3 Å². The van der Waals surface area contributed by atoms with Crippen molar-refractivity contribution in [3.8, 4) is 11.1 Å². The van der Waals surface area contributed by atoms with Crippen molar-refractivity contribution in [3.05, 3.63) is 131 Å².